The predicted octanol–water partition coefficient (Wildman–Crippen LogP) is 2.95. The van der Waals surface area contributed by atoms with Gasteiger partial charge < -0.3 is 9.80 Å². The van der Waals surface area contributed by atoms with Gasteiger partial charge >= 0.3 is 6.18 Å². The molecule has 9 heteroatoms. The van der Waals surface area contributed by atoms with Crippen molar-refractivity contribution in [2.24, 2.45) is 0 Å². The molecule has 1 aromatic carbocycles. The van der Waals surface area contributed by atoms with Crippen LogP contribution in [0.2, 0.25) is 0 Å². The Balaban J connectivity index is 1.61. The SMILES string of the molecule is CC(C(=O)N1CCN(c2ccc(F)cc2)CC1)n1ccc(C(F)(F)F)n1. The Hall–Kier alpha value is -2.58. The van der Waals surface area contributed by atoms with E-state index in [4.69, 9.17) is 0 Å². The molecule has 0 radical (unpaired) electrons. The van der Waals surface area contributed by atoms with E-state index in [-0.39, 0.29) is 11.7 Å². The van der Waals surface area contributed by atoms with Gasteiger partial charge in [-0.2, -0.15) is 18.3 Å². The molecule has 2 heterocycles. The molecule has 26 heavy (non-hydrogen) atoms. The summed E-state index contributed by atoms with van der Waals surface area (Å²) in [7, 11) is 0. The number of hydrogen-bond acceptors (Lipinski definition) is 3. The summed E-state index contributed by atoms with van der Waals surface area (Å²) in [6, 6.07) is 6.16. The molecule has 0 bridgehead atoms. The fourth-order valence-electron chi connectivity index (χ4n) is 2.92. The molecule has 1 fully saturated rings. The van der Waals surface area contributed by atoms with Gasteiger partial charge in [-0.15, -0.1) is 0 Å². The molecule has 1 atom stereocenters. The molecule has 1 unspecified atom stereocenters. The maximum Gasteiger partial charge on any atom is 0.435 e. The fourth-order valence-corrected chi connectivity index (χ4v) is 2.92. The highest BCUT2D eigenvalue weighted by atomic mass is 19.4. The van der Waals surface area contributed by atoms with Crippen molar-refractivity contribution >= 4 is 11.6 Å². The summed E-state index contributed by atoms with van der Waals surface area (Å²) < 4.78 is 52.0. The van der Waals surface area contributed by atoms with E-state index in [0.717, 1.165) is 16.4 Å². The summed E-state index contributed by atoms with van der Waals surface area (Å²) in [5.41, 5.74) is -0.147. The van der Waals surface area contributed by atoms with Crippen molar-refractivity contribution in [2.75, 3.05) is 31.1 Å². The van der Waals surface area contributed by atoms with E-state index in [1.807, 2.05) is 4.90 Å². The Bertz CT molecular complexity index is 764. The van der Waals surface area contributed by atoms with Crippen molar-refractivity contribution in [3.05, 3.63) is 48.0 Å². The lowest BCUT2D eigenvalue weighted by atomic mass is 10.2. The zero-order chi connectivity index (χ0) is 18.9. The Morgan fingerprint density at radius 2 is 1.69 bits per heavy atom. The zero-order valence-electron chi connectivity index (χ0n) is 14.1. The number of carbonyl (C=O) groups excluding carboxylic acids is 1. The largest absolute Gasteiger partial charge is 0.435 e. The second-order valence-electron chi connectivity index (χ2n) is 6.14. The van der Waals surface area contributed by atoms with Crippen LogP contribution in [0.4, 0.5) is 23.2 Å². The summed E-state index contributed by atoms with van der Waals surface area (Å²) in [4.78, 5) is 16.2. The van der Waals surface area contributed by atoms with E-state index in [1.165, 1.54) is 25.3 Å². The number of carbonyl (C=O) groups is 1. The van der Waals surface area contributed by atoms with Gasteiger partial charge in [-0.1, -0.05) is 0 Å². The van der Waals surface area contributed by atoms with Gasteiger partial charge in [0, 0.05) is 38.1 Å². The van der Waals surface area contributed by atoms with Gasteiger partial charge in [0.15, 0.2) is 5.69 Å². The van der Waals surface area contributed by atoms with Gasteiger partial charge in [0.25, 0.3) is 0 Å². The van der Waals surface area contributed by atoms with E-state index in [0.29, 0.717) is 26.2 Å². The summed E-state index contributed by atoms with van der Waals surface area (Å²) in [5.74, 6) is -0.589. The number of benzene rings is 1. The first-order valence-corrected chi connectivity index (χ1v) is 8.17. The van der Waals surface area contributed by atoms with E-state index in [2.05, 4.69) is 5.10 Å². The predicted molar refractivity (Wildman–Crippen MR) is 87.1 cm³/mol. The molecular weight excluding hydrogens is 352 g/mol. The summed E-state index contributed by atoms with van der Waals surface area (Å²) in [5, 5.41) is 3.47. The van der Waals surface area contributed by atoms with Gasteiger partial charge in [-0.25, -0.2) is 4.39 Å². The van der Waals surface area contributed by atoms with Crippen LogP contribution in [0.25, 0.3) is 0 Å². The number of alkyl halides is 3. The molecule has 140 valence electrons. The standard InChI is InChI=1S/C17H18F4N4O/c1-12(25-7-6-15(22-25)17(19,20)21)16(26)24-10-8-23(9-11-24)14-4-2-13(18)3-5-14/h2-7,12H,8-11H2,1H3. The van der Waals surface area contributed by atoms with Crippen molar-refractivity contribution in [1.82, 2.24) is 14.7 Å². The maximum absolute atomic E-state index is 13.0. The van der Waals surface area contributed by atoms with Gasteiger partial charge in [-0.05, 0) is 37.3 Å². The first kappa shape index (κ1) is 18.2. The van der Waals surface area contributed by atoms with Crippen LogP contribution in [0.1, 0.15) is 18.7 Å². The van der Waals surface area contributed by atoms with Crippen molar-refractivity contribution in [3.8, 4) is 0 Å². The molecule has 1 aromatic heterocycles. The van der Waals surface area contributed by atoms with Crippen LogP contribution in [-0.2, 0) is 11.0 Å². The molecule has 0 N–H and O–H groups in total. The van der Waals surface area contributed by atoms with Crippen LogP contribution < -0.4 is 4.90 Å². The quantitative estimate of drug-likeness (QED) is 0.780. The van der Waals surface area contributed by atoms with Crippen LogP contribution in [0.15, 0.2) is 36.5 Å². The Labute approximate surface area is 147 Å². The molecule has 1 amide bonds. The first-order chi connectivity index (χ1) is 12.3. The van der Waals surface area contributed by atoms with Crippen molar-refractivity contribution in [3.63, 3.8) is 0 Å². The average Bonchev–Trinajstić information content (AvgIpc) is 3.12. The molecule has 5 nitrogen and oxygen atoms in total. The number of amides is 1. The highest BCUT2D eigenvalue weighted by Crippen LogP contribution is 2.28. The number of halogens is 4. The van der Waals surface area contributed by atoms with Crippen molar-refractivity contribution in [1.29, 1.82) is 0 Å². The number of nitrogens with zero attached hydrogens (tertiary/aromatic N) is 4. The van der Waals surface area contributed by atoms with Crippen LogP contribution in [0.5, 0.6) is 0 Å². The van der Waals surface area contributed by atoms with E-state index >= 15 is 0 Å². The number of hydrogen-bond donors (Lipinski definition) is 0. The third kappa shape index (κ3) is 3.81. The number of anilines is 1. The lowest BCUT2D eigenvalue weighted by Gasteiger charge is -2.37. The van der Waals surface area contributed by atoms with Gasteiger partial charge in [-0.3, -0.25) is 9.48 Å². The highest BCUT2D eigenvalue weighted by molar-refractivity contribution is 5.80. The molecular formula is C17H18F4N4O. The zero-order valence-corrected chi connectivity index (χ0v) is 14.1. The van der Waals surface area contributed by atoms with Crippen LogP contribution in [0.3, 0.4) is 0 Å². The van der Waals surface area contributed by atoms with Crippen molar-refractivity contribution in [2.45, 2.75) is 19.1 Å². The molecule has 1 aliphatic rings. The van der Waals surface area contributed by atoms with Crippen LogP contribution in [0, 0.1) is 5.82 Å². The second-order valence-corrected chi connectivity index (χ2v) is 6.14. The molecule has 1 saturated heterocycles. The highest BCUT2D eigenvalue weighted by Gasteiger charge is 2.35. The van der Waals surface area contributed by atoms with E-state index < -0.39 is 17.9 Å². The van der Waals surface area contributed by atoms with Gasteiger partial charge in [0.05, 0.1) is 0 Å². The molecule has 0 aliphatic carbocycles. The van der Waals surface area contributed by atoms with Gasteiger partial charge in [0.1, 0.15) is 11.9 Å². The summed E-state index contributed by atoms with van der Waals surface area (Å²) >= 11 is 0. The number of piperazine rings is 1. The molecule has 1 aliphatic heterocycles. The lowest BCUT2D eigenvalue weighted by molar-refractivity contribution is -0.142. The Morgan fingerprint density at radius 1 is 1.08 bits per heavy atom. The topological polar surface area (TPSA) is 41.4 Å². The number of rotatable bonds is 3. The Morgan fingerprint density at radius 3 is 2.23 bits per heavy atom. The number of aromatic nitrogens is 2. The normalized spacial score (nSPS) is 16.7. The average molecular weight is 370 g/mol. The minimum Gasteiger partial charge on any atom is -0.368 e. The summed E-state index contributed by atoms with van der Waals surface area (Å²) in [6.07, 6.45) is -3.37. The minimum absolute atomic E-state index is 0.277. The van der Waals surface area contributed by atoms with E-state index in [9.17, 15) is 22.4 Å². The molecule has 2 aromatic rings. The Kier molecular flexibility index (Phi) is 4.88. The third-order valence-corrected chi connectivity index (χ3v) is 4.44. The minimum atomic E-state index is -4.53. The van der Waals surface area contributed by atoms with Crippen molar-refractivity contribution < 1.29 is 22.4 Å². The fraction of sp³-hybridized carbons (Fsp3) is 0.412. The lowest BCUT2D eigenvalue weighted by Crippen LogP contribution is -2.50. The monoisotopic (exact) mass is 370 g/mol. The van der Waals surface area contributed by atoms with Gasteiger partial charge in [0.2, 0.25) is 5.91 Å². The molecule has 3 rings (SSSR count). The van der Waals surface area contributed by atoms with E-state index in [1.54, 1.807) is 17.0 Å². The van der Waals surface area contributed by atoms with Crippen LogP contribution >= 0.6 is 0 Å². The van der Waals surface area contributed by atoms with Crippen LogP contribution in [-0.4, -0.2) is 46.8 Å². The second kappa shape index (κ2) is 6.97. The maximum atomic E-state index is 13.0. The smallest absolute Gasteiger partial charge is 0.368 e. The summed E-state index contributed by atoms with van der Waals surface area (Å²) in [6.45, 7) is 3.54. The molecule has 0 saturated carbocycles. The molecule has 0 spiro atoms. The third-order valence-electron chi connectivity index (χ3n) is 4.44. The first-order valence-electron chi connectivity index (χ1n) is 8.17.